The second-order valence-electron chi connectivity index (χ2n) is 5.37. The zero-order valence-electron chi connectivity index (χ0n) is 12.2. The summed E-state index contributed by atoms with van der Waals surface area (Å²) in [7, 11) is 0. The summed E-state index contributed by atoms with van der Waals surface area (Å²) in [6.45, 7) is 1.29. The number of fused-ring (bicyclic) bond motifs is 1. The van der Waals surface area contributed by atoms with Gasteiger partial charge >= 0.3 is 0 Å². The van der Waals surface area contributed by atoms with Crippen LogP contribution < -0.4 is 5.32 Å². The van der Waals surface area contributed by atoms with E-state index < -0.39 is 0 Å². The lowest BCUT2D eigenvalue weighted by molar-refractivity contribution is 0.0949. The third-order valence-electron chi connectivity index (χ3n) is 3.87. The summed E-state index contributed by atoms with van der Waals surface area (Å²) in [5, 5.41) is 20.0. The standard InChI is InChI=1S/C16H17N5O/c17-10-12-5-7-13(8-6-12)16(22)18-11-15-20-19-14-4-2-1-3-9-21(14)15/h5-8H,1-4,9,11H2,(H,18,22). The van der Waals surface area contributed by atoms with E-state index in [0.717, 1.165) is 37.5 Å². The van der Waals surface area contributed by atoms with Crippen LogP contribution >= 0.6 is 0 Å². The molecule has 2 aromatic rings. The van der Waals surface area contributed by atoms with Gasteiger partial charge in [0.2, 0.25) is 0 Å². The largest absolute Gasteiger partial charge is 0.345 e. The Hall–Kier alpha value is -2.68. The number of benzene rings is 1. The molecular weight excluding hydrogens is 278 g/mol. The van der Waals surface area contributed by atoms with E-state index in [4.69, 9.17) is 5.26 Å². The van der Waals surface area contributed by atoms with E-state index in [1.54, 1.807) is 24.3 Å². The zero-order chi connectivity index (χ0) is 15.4. The molecule has 1 aliphatic rings. The van der Waals surface area contributed by atoms with E-state index in [1.165, 1.54) is 6.42 Å². The molecule has 0 saturated heterocycles. The smallest absolute Gasteiger partial charge is 0.251 e. The quantitative estimate of drug-likeness (QED) is 0.936. The average Bonchev–Trinajstić information content (AvgIpc) is 2.79. The highest BCUT2D eigenvalue weighted by Crippen LogP contribution is 2.14. The summed E-state index contributed by atoms with van der Waals surface area (Å²) in [5.74, 6) is 1.65. The van der Waals surface area contributed by atoms with Crippen LogP contribution in [0, 0.1) is 11.3 Å². The molecule has 112 valence electrons. The molecule has 1 amide bonds. The second-order valence-corrected chi connectivity index (χ2v) is 5.37. The van der Waals surface area contributed by atoms with Crippen LogP contribution in [0.5, 0.6) is 0 Å². The predicted octanol–water partition coefficient (Wildman–Crippen LogP) is 1.81. The van der Waals surface area contributed by atoms with E-state index in [0.29, 0.717) is 17.7 Å². The summed E-state index contributed by atoms with van der Waals surface area (Å²) in [6, 6.07) is 8.61. The summed E-state index contributed by atoms with van der Waals surface area (Å²) < 4.78 is 2.12. The van der Waals surface area contributed by atoms with Crippen molar-refractivity contribution in [2.24, 2.45) is 0 Å². The molecule has 0 unspecified atom stereocenters. The number of nitriles is 1. The number of aryl methyl sites for hydroxylation is 1. The van der Waals surface area contributed by atoms with Gasteiger partial charge in [0.1, 0.15) is 5.82 Å². The first-order valence-electron chi connectivity index (χ1n) is 7.47. The van der Waals surface area contributed by atoms with Crippen molar-refractivity contribution < 1.29 is 4.79 Å². The molecule has 22 heavy (non-hydrogen) atoms. The van der Waals surface area contributed by atoms with Gasteiger partial charge in [-0.2, -0.15) is 5.26 Å². The van der Waals surface area contributed by atoms with Crippen LogP contribution in [0.15, 0.2) is 24.3 Å². The molecule has 6 nitrogen and oxygen atoms in total. The lowest BCUT2D eigenvalue weighted by atomic mass is 10.1. The molecule has 3 rings (SSSR count). The highest BCUT2D eigenvalue weighted by Gasteiger charge is 2.15. The molecule has 0 fully saturated rings. The minimum atomic E-state index is -0.171. The van der Waals surface area contributed by atoms with Crippen LogP contribution in [0.1, 0.15) is 46.8 Å². The highest BCUT2D eigenvalue weighted by atomic mass is 16.1. The number of rotatable bonds is 3. The van der Waals surface area contributed by atoms with Crippen molar-refractivity contribution >= 4 is 5.91 Å². The molecule has 1 N–H and O–H groups in total. The van der Waals surface area contributed by atoms with Gasteiger partial charge in [-0.1, -0.05) is 6.42 Å². The van der Waals surface area contributed by atoms with Crippen LogP contribution in [0.2, 0.25) is 0 Å². The number of nitrogens with one attached hydrogen (secondary N) is 1. The summed E-state index contributed by atoms with van der Waals surface area (Å²) in [6.07, 6.45) is 4.44. The summed E-state index contributed by atoms with van der Waals surface area (Å²) >= 11 is 0. The van der Waals surface area contributed by atoms with Gasteiger partial charge in [-0.15, -0.1) is 10.2 Å². The van der Waals surface area contributed by atoms with E-state index >= 15 is 0 Å². The van der Waals surface area contributed by atoms with Crippen molar-refractivity contribution in [2.45, 2.75) is 38.8 Å². The van der Waals surface area contributed by atoms with Crippen LogP contribution in [0.25, 0.3) is 0 Å². The van der Waals surface area contributed by atoms with Crippen molar-refractivity contribution in [3.05, 3.63) is 47.0 Å². The van der Waals surface area contributed by atoms with Gasteiger partial charge in [-0.05, 0) is 37.1 Å². The Morgan fingerprint density at radius 3 is 2.82 bits per heavy atom. The maximum absolute atomic E-state index is 12.1. The molecule has 1 aromatic heterocycles. The third-order valence-corrected chi connectivity index (χ3v) is 3.87. The predicted molar refractivity (Wildman–Crippen MR) is 79.9 cm³/mol. The Bertz CT molecular complexity index is 711. The maximum Gasteiger partial charge on any atom is 0.251 e. The topological polar surface area (TPSA) is 83.6 Å². The van der Waals surface area contributed by atoms with Crippen LogP contribution in [-0.2, 0) is 19.5 Å². The van der Waals surface area contributed by atoms with Crippen LogP contribution in [0.4, 0.5) is 0 Å². The van der Waals surface area contributed by atoms with Crippen molar-refractivity contribution in [2.75, 3.05) is 0 Å². The molecule has 0 bridgehead atoms. The number of carbonyl (C=O) groups is 1. The third kappa shape index (κ3) is 2.98. The monoisotopic (exact) mass is 295 g/mol. The molecule has 2 heterocycles. The molecule has 0 saturated carbocycles. The zero-order valence-corrected chi connectivity index (χ0v) is 12.2. The molecule has 0 atom stereocenters. The molecule has 6 heteroatoms. The normalized spacial score (nSPS) is 13.8. The number of hydrogen-bond donors (Lipinski definition) is 1. The minimum absolute atomic E-state index is 0.171. The van der Waals surface area contributed by atoms with Crippen molar-refractivity contribution in [1.29, 1.82) is 5.26 Å². The number of nitrogens with zero attached hydrogens (tertiary/aromatic N) is 4. The fourth-order valence-electron chi connectivity index (χ4n) is 2.63. The van der Waals surface area contributed by atoms with Crippen molar-refractivity contribution in [3.63, 3.8) is 0 Å². The minimum Gasteiger partial charge on any atom is -0.345 e. The highest BCUT2D eigenvalue weighted by molar-refractivity contribution is 5.94. The van der Waals surface area contributed by atoms with E-state index in [-0.39, 0.29) is 5.91 Å². The molecule has 1 aromatic carbocycles. The van der Waals surface area contributed by atoms with E-state index in [1.807, 2.05) is 6.07 Å². The van der Waals surface area contributed by atoms with Gasteiger partial charge in [0, 0.05) is 18.5 Å². The Labute approximate surface area is 128 Å². The Morgan fingerprint density at radius 1 is 1.23 bits per heavy atom. The number of amides is 1. The molecule has 1 aliphatic heterocycles. The van der Waals surface area contributed by atoms with Crippen molar-refractivity contribution in [1.82, 2.24) is 20.1 Å². The van der Waals surface area contributed by atoms with E-state index in [2.05, 4.69) is 20.1 Å². The van der Waals surface area contributed by atoms with Gasteiger partial charge in [-0.3, -0.25) is 4.79 Å². The Kier molecular flexibility index (Phi) is 4.15. The number of carbonyl (C=O) groups excluding carboxylic acids is 1. The fraction of sp³-hybridized carbons (Fsp3) is 0.375. The molecule has 0 spiro atoms. The number of aromatic nitrogens is 3. The summed E-state index contributed by atoms with van der Waals surface area (Å²) in [5.41, 5.74) is 1.08. The van der Waals surface area contributed by atoms with Crippen molar-refractivity contribution in [3.8, 4) is 6.07 Å². The maximum atomic E-state index is 12.1. The van der Waals surface area contributed by atoms with Crippen LogP contribution in [0.3, 0.4) is 0 Å². The van der Waals surface area contributed by atoms with E-state index in [9.17, 15) is 4.79 Å². The SMILES string of the molecule is N#Cc1ccc(C(=O)NCc2nnc3n2CCCCC3)cc1. The molecule has 0 radical (unpaired) electrons. The Morgan fingerprint density at radius 2 is 2.05 bits per heavy atom. The lowest BCUT2D eigenvalue weighted by Gasteiger charge is -2.08. The number of hydrogen-bond acceptors (Lipinski definition) is 4. The van der Waals surface area contributed by atoms with Gasteiger partial charge in [0.25, 0.3) is 5.91 Å². The average molecular weight is 295 g/mol. The first-order chi connectivity index (χ1) is 10.8. The molecule has 0 aliphatic carbocycles. The van der Waals surface area contributed by atoms with Gasteiger partial charge in [0.15, 0.2) is 5.82 Å². The summed E-state index contributed by atoms with van der Waals surface area (Å²) in [4.78, 5) is 12.1. The van der Waals surface area contributed by atoms with Gasteiger partial charge < -0.3 is 9.88 Å². The molecular formula is C16H17N5O. The van der Waals surface area contributed by atoms with Gasteiger partial charge in [0.05, 0.1) is 18.2 Å². The fourth-order valence-corrected chi connectivity index (χ4v) is 2.63. The second kappa shape index (κ2) is 6.39. The first kappa shape index (κ1) is 14.3. The lowest BCUT2D eigenvalue weighted by Crippen LogP contribution is -2.25. The first-order valence-corrected chi connectivity index (χ1v) is 7.47. The Balaban J connectivity index is 1.66. The van der Waals surface area contributed by atoms with Crippen LogP contribution in [-0.4, -0.2) is 20.7 Å². The van der Waals surface area contributed by atoms with Gasteiger partial charge in [-0.25, -0.2) is 0 Å².